The minimum Gasteiger partial charge on any atom is -0.496 e. The predicted octanol–water partition coefficient (Wildman–Crippen LogP) is 4.55. The van der Waals surface area contributed by atoms with Gasteiger partial charge in [-0.15, -0.1) is 0 Å². The van der Waals surface area contributed by atoms with Crippen LogP contribution < -0.4 is 4.74 Å². The van der Waals surface area contributed by atoms with E-state index < -0.39 is 0 Å². The summed E-state index contributed by atoms with van der Waals surface area (Å²) in [6, 6.07) is 21.6. The molecule has 2 aromatic carbocycles. The summed E-state index contributed by atoms with van der Waals surface area (Å²) < 4.78 is 7.49. The molecule has 2 heterocycles. The highest BCUT2D eigenvalue weighted by Gasteiger charge is 2.17. The molecule has 4 heteroatoms. The first-order valence-corrected chi connectivity index (χ1v) is 7.92. The fourth-order valence-corrected chi connectivity index (χ4v) is 3.06. The maximum absolute atomic E-state index is 9.64. The van der Waals surface area contributed by atoms with Crippen LogP contribution in [0.1, 0.15) is 5.56 Å². The van der Waals surface area contributed by atoms with Crippen molar-refractivity contribution in [2.24, 2.45) is 0 Å². The number of benzene rings is 2. The van der Waals surface area contributed by atoms with E-state index in [4.69, 9.17) is 9.72 Å². The van der Waals surface area contributed by atoms with Gasteiger partial charge in [-0.3, -0.25) is 0 Å². The van der Waals surface area contributed by atoms with Crippen molar-refractivity contribution >= 4 is 5.65 Å². The van der Waals surface area contributed by atoms with Crippen LogP contribution in [0.25, 0.3) is 28.0 Å². The quantitative estimate of drug-likeness (QED) is 0.555. The smallest absolute Gasteiger partial charge is 0.137 e. The summed E-state index contributed by atoms with van der Waals surface area (Å²) in [4.78, 5) is 4.71. The van der Waals surface area contributed by atoms with Gasteiger partial charge in [0.1, 0.15) is 11.4 Å². The van der Waals surface area contributed by atoms with Crippen molar-refractivity contribution in [3.8, 4) is 34.2 Å². The lowest BCUT2D eigenvalue weighted by Gasteiger charge is -2.13. The number of imidazole rings is 1. The van der Waals surface area contributed by atoms with E-state index in [1.807, 2.05) is 77.5 Å². The zero-order valence-corrected chi connectivity index (χ0v) is 13.7. The van der Waals surface area contributed by atoms with Crippen molar-refractivity contribution in [1.29, 1.82) is 5.26 Å². The third kappa shape index (κ3) is 2.52. The first kappa shape index (κ1) is 15.0. The molecule has 0 fully saturated rings. The van der Waals surface area contributed by atoms with Crippen molar-refractivity contribution in [3.05, 3.63) is 78.6 Å². The second kappa shape index (κ2) is 6.14. The molecule has 2 aromatic heterocycles. The highest BCUT2D eigenvalue weighted by atomic mass is 16.5. The zero-order valence-electron chi connectivity index (χ0n) is 13.7. The fraction of sp³-hybridized carbons (Fsp3) is 0.0476. The van der Waals surface area contributed by atoms with Crippen LogP contribution >= 0.6 is 0 Å². The summed E-state index contributed by atoms with van der Waals surface area (Å²) in [5.74, 6) is 0.732. The van der Waals surface area contributed by atoms with Crippen LogP contribution in [0.15, 0.2) is 73.1 Å². The van der Waals surface area contributed by atoms with Crippen molar-refractivity contribution in [3.63, 3.8) is 0 Å². The maximum atomic E-state index is 9.64. The molecule has 0 radical (unpaired) electrons. The topological polar surface area (TPSA) is 50.3 Å². The van der Waals surface area contributed by atoms with E-state index in [1.165, 1.54) is 0 Å². The fourth-order valence-electron chi connectivity index (χ4n) is 3.06. The number of pyridine rings is 1. The Morgan fingerprint density at radius 2 is 1.76 bits per heavy atom. The number of para-hydroxylation sites is 1. The van der Waals surface area contributed by atoms with Crippen LogP contribution in [-0.2, 0) is 0 Å². The number of rotatable bonds is 3. The lowest BCUT2D eigenvalue weighted by atomic mass is 9.93. The predicted molar refractivity (Wildman–Crippen MR) is 97.3 cm³/mol. The number of nitrogens with zero attached hydrogens (tertiary/aromatic N) is 3. The molecule has 0 unspecified atom stereocenters. The number of methoxy groups -OCH3 is 1. The van der Waals surface area contributed by atoms with Gasteiger partial charge >= 0.3 is 0 Å². The molecule has 120 valence electrons. The Hall–Kier alpha value is -3.58. The van der Waals surface area contributed by atoms with Gasteiger partial charge in [0.05, 0.1) is 24.4 Å². The van der Waals surface area contributed by atoms with Crippen molar-refractivity contribution in [2.45, 2.75) is 0 Å². The summed E-state index contributed by atoms with van der Waals surface area (Å²) >= 11 is 0. The van der Waals surface area contributed by atoms with E-state index in [2.05, 4.69) is 6.07 Å². The van der Waals surface area contributed by atoms with E-state index in [0.29, 0.717) is 5.56 Å². The normalized spacial score (nSPS) is 10.6. The van der Waals surface area contributed by atoms with Crippen molar-refractivity contribution in [2.75, 3.05) is 7.11 Å². The molecule has 0 aliphatic heterocycles. The summed E-state index contributed by atoms with van der Waals surface area (Å²) in [6.07, 6.45) is 3.94. The van der Waals surface area contributed by atoms with Gasteiger partial charge in [-0.25, -0.2) is 4.98 Å². The maximum Gasteiger partial charge on any atom is 0.137 e. The van der Waals surface area contributed by atoms with Gasteiger partial charge in [0, 0.05) is 29.1 Å². The SMILES string of the molecule is COc1ccccc1-c1c(C#N)cccc1-c1cn2ccccc2n1. The standard InChI is InChI=1S/C21H15N3O/c1-25-19-10-3-2-8-17(19)21-15(13-22)7-6-9-16(21)18-14-24-12-5-4-11-20(24)23-18/h2-12,14H,1H3. The molecule has 4 aromatic rings. The second-order valence-corrected chi connectivity index (χ2v) is 5.63. The number of nitriles is 1. The first-order chi connectivity index (χ1) is 12.3. The summed E-state index contributed by atoms with van der Waals surface area (Å²) in [5.41, 5.74) is 4.92. The molecule has 4 rings (SSSR count). The molecule has 0 spiro atoms. The Bertz CT molecular complexity index is 1070. The Labute approximate surface area is 145 Å². The van der Waals surface area contributed by atoms with E-state index in [9.17, 15) is 5.26 Å². The average Bonchev–Trinajstić information content (AvgIpc) is 3.11. The monoisotopic (exact) mass is 325 g/mol. The number of fused-ring (bicyclic) bond motifs is 1. The largest absolute Gasteiger partial charge is 0.496 e. The van der Waals surface area contributed by atoms with Crippen molar-refractivity contribution < 1.29 is 4.74 Å². The molecule has 25 heavy (non-hydrogen) atoms. The van der Waals surface area contributed by atoms with Crippen LogP contribution in [0.2, 0.25) is 0 Å². The van der Waals surface area contributed by atoms with Gasteiger partial charge in [0.2, 0.25) is 0 Å². The molecule has 0 saturated carbocycles. The van der Waals surface area contributed by atoms with Crippen LogP contribution in [0.3, 0.4) is 0 Å². The highest BCUT2D eigenvalue weighted by molar-refractivity contribution is 5.89. The lowest BCUT2D eigenvalue weighted by Crippen LogP contribution is -1.93. The van der Waals surface area contributed by atoms with Crippen LogP contribution in [-0.4, -0.2) is 16.5 Å². The third-order valence-electron chi connectivity index (χ3n) is 4.20. The number of hydrogen-bond donors (Lipinski definition) is 0. The Morgan fingerprint density at radius 3 is 2.56 bits per heavy atom. The number of ether oxygens (including phenoxy) is 1. The van der Waals surface area contributed by atoms with Gasteiger partial charge in [-0.05, 0) is 24.3 Å². The molecule has 0 N–H and O–H groups in total. The van der Waals surface area contributed by atoms with Crippen LogP contribution in [0, 0.1) is 11.3 Å². The summed E-state index contributed by atoms with van der Waals surface area (Å²) in [6.45, 7) is 0. The third-order valence-corrected chi connectivity index (χ3v) is 4.20. The molecule has 0 bridgehead atoms. The molecule has 0 saturated heterocycles. The zero-order chi connectivity index (χ0) is 17.2. The summed E-state index contributed by atoms with van der Waals surface area (Å²) in [5, 5.41) is 9.64. The Morgan fingerprint density at radius 1 is 0.960 bits per heavy atom. The van der Waals surface area contributed by atoms with Crippen LogP contribution in [0.4, 0.5) is 0 Å². The summed E-state index contributed by atoms with van der Waals surface area (Å²) in [7, 11) is 1.64. The van der Waals surface area contributed by atoms with E-state index in [-0.39, 0.29) is 0 Å². The van der Waals surface area contributed by atoms with Gasteiger partial charge in [0.15, 0.2) is 0 Å². The van der Waals surface area contributed by atoms with Gasteiger partial charge < -0.3 is 9.14 Å². The Balaban J connectivity index is 2.02. The number of aromatic nitrogens is 2. The molecule has 0 atom stereocenters. The van der Waals surface area contributed by atoms with E-state index in [1.54, 1.807) is 7.11 Å². The number of hydrogen-bond acceptors (Lipinski definition) is 3. The minimum atomic E-state index is 0.596. The second-order valence-electron chi connectivity index (χ2n) is 5.63. The highest BCUT2D eigenvalue weighted by Crippen LogP contribution is 2.39. The van der Waals surface area contributed by atoms with Gasteiger partial charge in [0.25, 0.3) is 0 Å². The minimum absolute atomic E-state index is 0.596. The molecular weight excluding hydrogens is 310 g/mol. The average molecular weight is 325 g/mol. The molecular formula is C21H15N3O. The molecule has 4 nitrogen and oxygen atoms in total. The van der Waals surface area contributed by atoms with Gasteiger partial charge in [-0.2, -0.15) is 5.26 Å². The Kier molecular flexibility index (Phi) is 3.68. The van der Waals surface area contributed by atoms with E-state index in [0.717, 1.165) is 33.8 Å². The molecule has 0 amide bonds. The van der Waals surface area contributed by atoms with Crippen LogP contribution in [0.5, 0.6) is 5.75 Å². The molecule has 0 aliphatic carbocycles. The van der Waals surface area contributed by atoms with Gasteiger partial charge in [-0.1, -0.05) is 36.4 Å². The lowest BCUT2D eigenvalue weighted by molar-refractivity contribution is 0.416. The first-order valence-electron chi connectivity index (χ1n) is 7.92. The molecule has 0 aliphatic rings. The van der Waals surface area contributed by atoms with E-state index >= 15 is 0 Å². The van der Waals surface area contributed by atoms with Crippen molar-refractivity contribution in [1.82, 2.24) is 9.38 Å².